The molecule has 1 aromatic carbocycles. The maximum Gasteiger partial charge on any atom is 0.343 e. The van der Waals surface area contributed by atoms with Crippen LogP contribution in [0.2, 0.25) is 0 Å². The van der Waals surface area contributed by atoms with Crippen LogP contribution in [0.25, 0.3) is 16.5 Å². The monoisotopic (exact) mass is 285 g/mol. The first-order chi connectivity index (χ1) is 10.2. The number of fused-ring (bicyclic) bond motifs is 1. The minimum Gasteiger partial charge on any atom is -0.422 e. The van der Waals surface area contributed by atoms with Crippen LogP contribution in [0, 0.1) is 0 Å². The van der Waals surface area contributed by atoms with Crippen molar-refractivity contribution in [2.75, 3.05) is 31.2 Å². The molecule has 0 amide bonds. The molecule has 1 fully saturated rings. The summed E-state index contributed by atoms with van der Waals surface area (Å²) >= 11 is 0. The van der Waals surface area contributed by atoms with Crippen molar-refractivity contribution in [3.63, 3.8) is 0 Å². The first-order valence-electron chi connectivity index (χ1n) is 7.23. The lowest BCUT2D eigenvalue weighted by Crippen LogP contribution is -2.36. The van der Waals surface area contributed by atoms with Gasteiger partial charge in [-0.2, -0.15) is 0 Å². The fraction of sp³-hybridized carbons (Fsp3) is 0.353. The van der Waals surface area contributed by atoms with E-state index < -0.39 is 0 Å². The molecule has 3 rings (SSSR count). The van der Waals surface area contributed by atoms with Crippen molar-refractivity contribution in [1.29, 1.82) is 0 Å². The molecule has 2 aromatic rings. The van der Waals surface area contributed by atoms with Crippen LogP contribution in [-0.2, 0) is 4.74 Å². The molecule has 1 aliphatic rings. The van der Waals surface area contributed by atoms with Gasteiger partial charge in [-0.15, -0.1) is 0 Å². The van der Waals surface area contributed by atoms with Crippen LogP contribution in [0.4, 0.5) is 5.69 Å². The third kappa shape index (κ3) is 2.72. The minimum atomic E-state index is -0.280. The highest BCUT2D eigenvalue weighted by atomic mass is 16.5. The zero-order valence-corrected chi connectivity index (χ0v) is 12.4. The second kappa shape index (κ2) is 5.74. The van der Waals surface area contributed by atoms with E-state index in [1.54, 1.807) is 0 Å². The van der Waals surface area contributed by atoms with E-state index in [2.05, 4.69) is 11.0 Å². The van der Waals surface area contributed by atoms with E-state index in [0.717, 1.165) is 42.9 Å². The molecule has 0 aliphatic carbocycles. The van der Waals surface area contributed by atoms with E-state index in [4.69, 9.17) is 9.15 Å². The standard InChI is InChI=1S/C17H19NO3/c1-3-12(2)15-10-13-4-5-14(11-16(13)21-17(15)19)18-6-8-20-9-7-18/h3-5,10-11H,6-9H2,1-2H3. The Hall–Kier alpha value is -2.07. The highest BCUT2D eigenvalue weighted by Gasteiger charge is 2.13. The number of nitrogens with zero attached hydrogens (tertiary/aromatic N) is 1. The van der Waals surface area contributed by atoms with E-state index in [0.29, 0.717) is 11.1 Å². The third-order valence-corrected chi connectivity index (χ3v) is 3.95. The number of morpholine rings is 1. The van der Waals surface area contributed by atoms with Gasteiger partial charge < -0.3 is 14.1 Å². The summed E-state index contributed by atoms with van der Waals surface area (Å²) in [5.74, 6) is 0. The van der Waals surface area contributed by atoms with Gasteiger partial charge in [-0.1, -0.05) is 6.08 Å². The second-order valence-electron chi connectivity index (χ2n) is 5.24. The molecule has 4 heteroatoms. The van der Waals surface area contributed by atoms with E-state index >= 15 is 0 Å². The third-order valence-electron chi connectivity index (χ3n) is 3.95. The molecule has 1 aliphatic heterocycles. The summed E-state index contributed by atoms with van der Waals surface area (Å²) in [5.41, 5.74) is 2.99. The van der Waals surface area contributed by atoms with E-state index in [-0.39, 0.29) is 5.63 Å². The predicted octanol–water partition coefficient (Wildman–Crippen LogP) is 3.05. The van der Waals surface area contributed by atoms with Crippen LogP contribution in [0.5, 0.6) is 0 Å². The van der Waals surface area contributed by atoms with Crippen molar-refractivity contribution >= 4 is 22.2 Å². The molecule has 2 heterocycles. The Bertz CT molecular complexity index is 739. The Morgan fingerprint density at radius 1 is 1.24 bits per heavy atom. The fourth-order valence-electron chi connectivity index (χ4n) is 2.55. The van der Waals surface area contributed by atoms with Crippen LogP contribution in [0.3, 0.4) is 0 Å². The van der Waals surface area contributed by atoms with Crippen LogP contribution in [0.1, 0.15) is 19.4 Å². The summed E-state index contributed by atoms with van der Waals surface area (Å²) in [5, 5.41) is 0.947. The lowest BCUT2D eigenvalue weighted by molar-refractivity contribution is 0.122. The van der Waals surface area contributed by atoms with E-state index in [1.165, 1.54) is 0 Å². The lowest BCUT2D eigenvalue weighted by Gasteiger charge is -2.28. The molecule has 21 heavy (non-hydrogen) atoms. The summed E-state index contributed by atoms with van der Waals surface area (Å²) in [7, 11) is 0. The molecule has 0 radical (unpaired) electrons. The Morgan fingerprint density at radius 2 is 2.00 bits per heavy atom. The van der Waals surface area contributed by atoms with Gasteiger partial charge in [0.15, 0.2) is 0 Å². The van der Waals surface area contributed by atoms with Crippen LogP contribution in [0.15, 0.2) is 39.6 Å². The minimum absolute atomic E-state index is 0.280. The van der Waals surface area contributed by atoms with Gasteiger partial charge in [-0.05, 0) is 37.6 Å². The van der Waals surface area contributed by atoms with Gasteiger partial charge in [0, 0.05) is 30.2 Å². The molecule has 0 atom stereocenters. The largest absolute Gasteiger partial charge is 0.422 e. The smallest absolute Gasteiger partial charge is 0.343 e. The van der Waals surface area contributed by atoms with Crippen molar-refractivity contribution in [1.82, 2.24) is 0 Å². The number of hydrogen-bond acceptors (Lipinski definition) is 4. The topological polar surface area (TPSA) is 42.7 Å². The molecule has 0 spiro atoms. The number of rotatable bonds is 2. The van der Waals surface area contributed by atoms with Crippen molar-refractivity contribution in [3.8, 4) is 0 Å². The average molecular weight is 285 g/mol. The lowest BCUT2D eigenvalue weighted by atomic mass is 10.1. The number of allylic oxidation sites excluding steroid dienone is 2. The second-order valence-corrected chi connectivity index (χ2v) is 5.24. The van der Waals surface area contributed by atoms with Gasteiger partial charge in [0.25, 0.3) is 0 Å². The summed E-state index contributed by atoms with van der Waals surface area (Å²) in [6, 6.07) is 7.92. The van der Waals surface area contributed by atoms with E-state index in [9.17, 15) is 4.79 Å². The Kier molecular flexibility index (Phi) is 3.80. The Morgan fingerprint density at radius 3 is 2.71 bits per heavy atom. The highest BCUT2D eigenvalue weighted by Crippen LogP contribution is 2.24. The van der Waals surface area contributed by atoms with Crippen molar-refractivity contribution in [3.05, 3.63) is 46.3 Å². The molecule has 0 saturated carbocycles. The quantitative estimate of drug-likeness (QED) is 0.795. The number of ether oxygens (including phenoxy) is 1. The highest BCUT2D eigenvalue weighted by molar-refractivity contribution is 5.83. The molecule has 1 aromatic heterocycles. The molecule has 110 valence electrons. The molecule has 0 unspecified atom stereocenters. The van der Waals surface area contributed by atoms with Gasteiger partial charge in [0.05, 0.1) is 18.8 Å². The van der Waals surface area contributed by atoms with Gasteiger partial charge >= 0.3 is 5.63 Å². The number of benzene rings is 1. The maximum atomic E-state index is 12.1. The summed E-state index contributed by atoms with van der Waals surface area (Å²) in [6.45, 7) is 7.04. The van der Waals surface area contributed by atoms with Crippen LogP contribution in [-0.4, -0.2) is 26.3 Å². The van der Waals surface area contributed by atoms with Crippen molar-refractivity contribution in [2.24, 2.45) is 0 Å². The molecule has 1 saturated heterocycles. The van der Waals surface area contributed by atoms with Crippen molar-refractivity contribution in [2.45, 2.75) is 13.8 Å². The fourth-order valence-corrected chi connectivity index (χ4v) is 2.55. The zero-order chi connectivity index (χ0) is 14.8. The van der Waals surface area contributed by atoms with E-state index in [1.807, 2.05) is 38.1 Å². The Labute approximate surface area is 123 Å². The first-order valence-corrected chi connectivity index (χ1v) is 7.23. The number of hydrogen-bond donors (Lipinski definition) is 0. The average Bonchev–Trinajstić information content (AvgIpc) is 2.53. The summed E-state index contributed by atoms with van der Waals surface area (Å²) in [6.07, 6.45) is 1.92. The van der Waals surface area contributed by atoms with Gasteiger partial charge in [0.1, 0.15) is 5.58 Å². The molecule has 0 bridgehead atoms. The molecular formula is C17H19NO3. The van der Waals surface area contributed by atoms with Gasteiger partial charge in [-0.25, -0.2) is 4.79 Å². The first kappa shape index (κ1) is 13.9. The molecule has 4 nitrogen and oxygen atoms in total. The molecule has 0 N–H and O–H groups in total. The Balaban J connectivity index is 2.04. The van der Waals surface area contributed by atoms with Crippen LogP contribution < -0.4 is 10.5 Å². The maximum absolute atomic E-state index is 12.1. The summed E-state index contributed by atoms with van der Waals surface area (Å²) < 4.78 is 10.9. The normalized spacial score (nSPS) is 16.5. The molecular weight excluding hydrogens is 266 g/mol. The summed E-state index contributed by atoms with van der Waals surface area (Å²) in [4.78, 5) is 14.3. The van der Waals surface area contributed by atoms with Crippen molar-refractivity contribution < 1.29 is 9.15 Å². The van der Waals surface area contributed by atoms with Crippen LogP contribution >= 0.6 is 0 Å². The SMILES string of the molecule is CC=C(C)c1cc2ccc(N3CCOCC3)cc2oc1=O. The van der Waals surface area contributed by atoms with Gasteiger partial charge in [-0.3, -0.25) is 0 Å². The van der Waals surface area contributed by atoms with Gasteiger partial charge in [0.2, 0.25) is 0 Å². The predicted molar refractivity (Wildman–Crippen MR) is 84.8 cm³/mol. The zero-order valence-electron chi connectivity index (χ0n) is 12.4. The number of anilines is 1.